The summed E-state index contributed by atoms with van der Waals surface area (Å²) >= 11 is 0. The maximum Gasteiger partial charge on any atom is 0.246 e. The third kappa shape index (κ3) is 1.78. The van der Waals surface area contributed by atoms with Crippen LogP contribution in [0.3, 0.4) is 0 Å². The minimum Gasteiger partial charge on any atom is -0.342 e. The second-order valence-corrected chi connectivity index (χ2v) is 5.14. The van der Waals surface area contributed by atoms with E-state index < -0.39 is 11.6 Å². The molecule has 1 saturated carbocycles. The van der Waals surface area contributed by atoms with Gasteiger partial charge in [-0.25, -0.2) is 0 Å². The van der Waals surface area contributed by atoms with Crippen LogP contribution in [0.4, 0.5) is 0 Å². The van der Waals surface area contributed by atoms with Crippen LogP contribution < -0.4 is 10.6 Å². The summed E-state index contributed by atoms with van der Waals surface area (Å²) in [5, 5.41) is 5.75. The molecule has 2 amide bonds. The fourth-order valence-corrected chi connectivity index (χ4v) is 2.62. The van der Waals surface area contributed by atoms with Gasteiger partial charge in [0.2, 0.25) is 11.8 Å². The molecule has 0 aromatic heterocycles. The monoisotopic (exact) mass is 244 g/mol. The molecule has 2 aliphatic rings. The van der Waals surface area contributed by atoms with Crippen LogP contribution >= 0.6 is 0 Å². The van der Waals surface area contributed by atoms with Crippen molar-refractivity contribution in [1.29, 1.82) is 0 Å². The summed E-state index contributed by atoms with van der Waals surface area (Å²) in [6, 6.07) is 9.30. The number of amides is 2. The average Bonchev–Trinajstić information content (AvgIpc) is 2.32. The average molecular weight is 244 g/mol. The summed E-state index contributed by atoms with van der Waals surface area (Å²) in [6.45, 7) is 0. The van der Waals surface area contributed by atoms with Crippen molar-refractivity contribution in [2.75, 3.05) is 0 Å². The van der Waals surface area contributed by atoms with Crippen LogP contribution in [0.2, 0.25) is 0 Å². The second-order valence-electron chi connectivity index (χ2n) is 5.14. The number of hydrogen-bond donors (Lipinski definition) is 2. The fourth-order valence-electron chi connectivity index (χ4n) is 2.62. The first kappa shape index (κ1) is 11.3. The van der Waals surface area contributed by atoms with E-state index in [2.05, 4.69) is 10.6 Å². The van der Waals surface area contributed by atoms with Crippen LogP contribution in [0.15, 0.2) is 30.3 Å². The molecule has 1 atom stereocenters. The van der Waals surface area contributed by atoms with Gasteiger partial charge in [0.25, 0.3) is 0 Å². The molecule has 4 nitrogen and oxygen atoms in total. The van der Waals surface area contributed by atoms with E-state index in [0.29, 0.717) is 6.42 Å². The summed E-state index contributed by atoms with van der Waals surface area (Å²) in [6.07, 6.45) is 3.09. The van der Waals surface area contributed by atoms with Gasteiger partial charge in [0.05, 0.1) is 0 Å². The first-order valence-corrected chi connectivity index (χ1v) is 6.37. The Morgan fingerprint density at radius 1 is 1.17 bits per heavy atom. The van der Waals surface area contributed by atoms with E-state index in [9.17, 15) is 9.59 Å². The molecule has 1 heterocycles. The smallest absolute Gasteiger partial charge is 0.246 e. The topological polar surface area (TPSA) is 58.2 Å². The Kier molecular flexibility index (Phi) is 2.58. The van der Waals surface area contributed by atoms with E-state index in [1.54, 1.807) is 0 Å². The number of benzene rings is 1. The number of piperazine rings is 1. The van der Waals surface area contributed by atoms with Gasteiger partial charge < -0.3 is 10.6 Å². The van der Waals surface area contributed by atoms with Crippen LogP contribution in [0.5, 0.6) is 0 Å². The minimum atomic E-state index is -0.593. The Morgan fingerprint density at radius 2 is 1.89 bits per heavy atom. The molecular formula is C14H16N2O2. The van der Waals surface area contributed by atoms with Gasteiger partial charge in [0.1, 0.15) is 11.6 Å². The second kappa shape index (κ2) is 4.12. The van der Waals surface area contributed by atoms with Gasteiger partial charge in [-0.15, -0.1) is 0 Å². The molecule has 94 valence electrons. The molecule has 1 aliphatic heterocycles. The molecule has 1 aromatic rings. The molecule has 2 fully saturated rings. The molecule has 1 aromatic carbocycles. The number of carbonyl (C=O) groups excluding carboxylic acids is 2. The number of rotatable bonds is 2. The Hall–Kier alpha value is -1.84. The molecule has 1 saturated heterocycles. The highest BCUT2D eigenvalue weighted by atomic mass is 16.2. The highest BCUT2D eigenvalue weighted by molar-refractivity contribution is 6.00. The lowest BCUT2D eigenvalue weighted by Gasteiger charge is -2.45. The van der Waals surface area contributed by atoms with Gasteiger partial charge >= 0.3 is 0 Å². The van der Waals surface area contributed by atoms with Crippen molar-refractivity contribution in [3.05, 3.63) is 35.9 Å². The Bertz CT molecular complexity index is 480. The van der Waals surface area contributed by atoms with Gasteiger partial charge in [-0.05, 0) is 24.8 Å². The summed E-state index contributed by atoms with van der Waals surface area (Å²) in [5.41, 5.74) is 0.465. The van der Waals surface area contributed by atoms with Crippen LogP contribution in [0.25, 0.3) is 0 Å². The first-order chi connectivity index (χ1) is 8.70. The zero-order valence-electron chi connectivity index (χ0n) is 10.1. The summed E-state index contributed by atoms with van der Waals surface area (Å²) in [7, 11) is 0. The Labute approximate surface area is 106 Å². The third-order valence-corrected chi connectivity index (χ3v) is 3.91. The van der Waals surface area contributed by atoms with Crippen molar-refractivity contribution in [2.45, 2.75) is 37.3 Å². The lowest BCUT2D eigenvalue weighted by Crippen LogP contribution is -2.72. The zero-order chi connectivity index (χ0) is 12.6. The predicted octanol–water partition coefficient (Wildman–Crippen LogP) is 0.766. The van der Waals surface area contributed by atoms with Crippen molar-refractivity contribution in [1.82, 2.24) is 10.6 Å². The van der Waals surface area contributed by atoms with Crippen molar-refractivity contribution < 1.29 is 9.59 Å². The molecule has 0 radical (unpaired) electrons. The van der Waals surface area contributed by atoms with E-state index in [1.165, 1.54) is 0 Å². The normalized spacial score (nSPS) is 25.2. The van der Waals surface area contributed by atoms with Crippen LogP contribution in [0.1, 0.15) is 24.8 Å². The molecular weight excluding hydrogens is 228 g/mol. The maximum atomic E-state index is 12.0. The summed E-state index contributed by atoms with van der Waals surface area (Å²) in [4.78, 5) is 24.0. The predicted molar refractivity (Wildman–Crippen MR) is 66.8 cm³/mol. The highest BCUT2D eigenvalue weighted by Crippen LogP contribution is 2.33. The van der Waals surface area contributed by atoms with Gasteiger partial charge in [-0.1, -0.05) is 30.3 Å². The van der Waals surface area contributed by atoms with Gasteiger partial charge in [0.15, 0.2) is 0 Å². The van der Waals surface area contributed by atoms with Crippen molar-refractivity contribution in [3.63, 3.8) is 0 Å². The Morgan fingerprint density at radius 3 is 2.50 bits per heavy atom. The van der Waals surface area contributed by atoms with Crippen molar-refractivity contribution >= 4 is 11.8 Å². The lowest BCUT2D eigenvalue weighted by molar-refractivity contribution is -0.145. The van der Waals surface area contributed by atoms with Crippen LogP contribution in [-0.2, 0) is 16.0 Å². The molecule has 18 heavy (non-hydrogen) atoms. The molecule has 1 spiro atoms. The molecule has 0 unspecified atom stereocenters. The van der Waals surface area contributed by atoms with E-state index in [0.717, 1.165) is 24.8 Å². The number of hydrogen-bond acceptors (Lipinski definition) is 2. The molecule has 3 rings (SSSR count). The van der Waals surface area contributed by atoms with E-state index in [4.69, 9.17) is 0 Å². The fraction of sp³-hybridized carbons (Fsp3) is 0.429. The van der Waals surface area contributed by atoms with E-state index in [-0.39, 0.29) is 11.8 Å². The molecule has 0 bridgehead atoms. The molecule has 2 N–H and O–H groups in total. The lowest BCUT2D eigenvalue weighted by atomic mass is 9.74. The molecule has 4 heteroatoms. The van der Waals surface area contributed by atoms with Crippen molar-refractivity contribution in [3.8, 4) is 0 Å². The quantitative estimate of drug-likeness (QED) is 0.807. The minimum absolute atomic E-state index is 0.0192. The van der Waals surface area contributed by atoms with Crippen molar-refractivity contribution in [2.24, 2.45) is 0 Å². The van der Waals surface area contributed by atoms with E-state index in [1.807, 2.05) is 30.3 Å². The Balaban J connectivity index is 1.72. The highest BCUT2D eigenvalue weighted by Gasteiger charge is 2.50. The third-order valence-electron chi connectivity index (χ3n) is 3.91. The van der Waals surface area contributed by atoms with Gasteiger partial charge in [-0.3, -0.25) is 9.59 Å². The SMILES string of the molecule is O=C1NC2(CCC2)C(=O)N[C@H]1Cc1ccccc1. The number of carbonyl (C=O) groups is 2. The largest absolute Gasteiger partial charge is 0.342 e. The van der Waals surface area contributed by atoms with Gasteiger partial charge in [0, 0.05) is 6.42 Å². The summed E-state index contributed by atoms with van der Waals surface area (Å²) < 4.78 is 0. The zero-order valence-corrected chi connectivity index (χ0v) is 10.1. The van der Waals surface area contributed by atoms with E-state index >= 15 is 0 Å². The maximum absolute atomic E-state index is 12.0. The van der Waals surface area contributed by atoms with Gasteiger partial charge in [-0.2, -0.15) is 0 Å². The van der Waals surface area contributed by atoms with Crippen LogP contribution in [-0.4, -0.2) is 23.4 Å². The number of nitrogens with one attached hydrogen (secondary N) is 2. The first-order valence-electron chi connectivity index (χ1n) is 6.37. The standard InChI is InChI=1S/C14H16N2O2/c17-12-11(9-10-5-2-1-3-6-10)15-13(18)14(16-12)7-4-8-14/h1-3,5-6,11H,4,7-9H2,(H,15,18)(H,16,17)/t11-/m0/s1. The van der Waals surface area contributed by atoms with Crippen LogP contribution in [0, 0.1) is 0 Å². The molecule has 1 aliphatic carbocycles. The summed E-state index contributed by atoms with van der Waals surface area (Å²) in [5.74, 6) is -0.0764.